The lowest BCUT2D eigenvalue weighted by Gasteiger charge is -2.11. The van der Waals surface area contributed by atoms with Crippen molar-refractivity contribution in [3.8, 4) is 11.4 Å². The highest BCUT2D eigenvalue weighted by molar-refractivity contribution is 6.38. The molecule has 1 aromatic heterocycles. The number of halogens is 3. The highest BCUT2D eigenvalue weighted by atomic mass is 35.5. The Morgan fingerprint density at radius 1 is 1.19 bits per heavy atom. The second-order valence-corrected chi connectivity index (χ2v) is 5.19. The summed E-state index contributed by atoms with van der Waals surface area (Å²) < 4.78 is 20.1. The van der Waals surface area contributed by atoms with Crippen LogP contribution >= 0.6 is 23.2 Å². The predicted octanol–water partition coefficient (Wildman–Crippen LogP) is 4.06. The molecular weight excluding hydrogens is 316 g/mol. The third-order valence-electron chi connectivity index (χ3n) is 3.09. The van der Waals surface area contributed by atoms with Crippen LogP contribution in [0.4, 0.5) is 10.3 Å². The maximum Gasteiger partial charge on any atom is 0.206 e. The molecule has 0 bridgehead atoms. The van der Waals surface area contributed by atoms with E-state index in [0.29, 0.717) is 22.5 Å². The molecule has 7 heteroatoms. The number of rotatable bonds is 2. The van der Waals surface area contributed by atoms with Crippen LogP contribution in [0.15, 0.2) is 30.3 Å². The standard InChI is InChI=1S/C14H10Cl2FN3O/c1-21-8-2-3-11-12(6-8)20(14(18)19-11)13-9(15)4-7(17)5-10(13)16/h2-6H,1H3,(H2,18,19). The Morgan fingerprint density at radius 3 is 2.48 bits per heavy atom. The summed E-state index contributed by atoms with van der Waals surface area (Å²) in [7, 11) is 1.56. The van der Waals surface area contributed by atoms with E-state index in [0.717, 1.165) is 0 Å². The molecule has 0 saturated heterocycles. The van der Waals surface area contributed by atoms with Gasteiger partial charge in [-0.2, -0.15) is 0 Å². The summed E-state index contributed by atoms with van der Waals surface area (Å²) in [6.45, 7) is 0. The van der Waals surface area contributed by atoms with Crippen molar-refractivity contribution >= 4 is 40.2 Å². The first-order chi connectivity index (χ1) is 10.0. The molecule has 0 unspecified atom stereocenters. The zero-order valence-electron chi connectivity index (χ0n) is 10.9. The number of imidazole rings is 1. The van der Waals surface area contributed by atoms with E-state index in [9.17, 15) is 4.39 Å². The molecule has 0 radical (unpaired) electrons. The van der Waals surface area contributed by atoms with E-state index in [-0.39, 0.29) is 16.0 Å². The molecule has 0 amide bonds. The molecule has 0 aliphatic rings. The minimum Gasteiger partial charge on any atom is -0.497 e. The molecule has 3 aromatic rings. The fraction of sp³-hybridized carbons (Fsp3) is 0.0714. The van der Waals surface area contributed by atoms with Gasteiger partial charge in [0.15, 0.2) is 0 Å². The number of nitrogens with zero attached hydrogens (tertiary/aromatic N) is 2. The quantitative estimate of drug-likeness (QED) is 0.772. The van der Waals surface area contributed by atoms with Crippen LogP contribution in [0.3, 0.4) is 0 Å². The summed E-state index contributed by atoms with van der Waals surface area (Å²) in [6, 6.07) is 7.65. The third-order valence-corrected chi connectivity index (χ3v) is 3.67. The van der Waals surface area contributed by atoms with Crippen LogP contribution in [-0.4, -0.2) is 16.7 Å². The normalized spacial score (nSPS) is 11.0. The fourth-order valence-electron chi connectivity index (χ4n) is 2.18. The Labute approximate surface area is 129 Å². The second-order valence-electron chi connectivity index (χ2n) is 4.38. The van der Waals surface area contributed by atoms with Gasteiger partial charge in [0.1, 0.15) is 11.6 Å². The summed E-state index contributed by atoms with van der Waals surface area (Å²) in [4.78, 5) is 4.24. The van der Waals surface area contributed by atoms with E-state index in [1.165, 1.54) is 12.1 Å². The molecule has 21 heavy (non-hydrogen) atoms. The Kier molecular flexibility index (Phi) is 3.39. The van der Waals surface area contributed by atoms with Gasteiger partial charge in [-0.05, 0) is 24.3 Å². The molecule has 2 aromatic carbocycles. The number of fused-ring (bicyclic) bond motifs is 1. The molecule has 108 valence electrons. The van der Waals surface area contributed by atoms with E-state index in [1.54, 1.807) is 29.9 Å². The summed E-state index contributed by atoms with van der Waals surface area (Å²) in [5.74, 6) is 0.320. The Balaban J connectivity index is 2.37. The molecule has 3 rings (SSSR count). The lowest BCUT2D eigenvalue weighted by molar-refractivity contribution is 0.415. The number of anilines is 1. The molecule has 0 atom stereocenters. The average Bonchev–Trinajstić information content (AvgIpc) is 2.73. The van der Waals surface area contributed by atoms with Crippen molar-refractivity contribution in [1.29, 1.82) is 0 Å². The lowest BCUT2D eigenvalue weighted by Crippen LogP contribution is -2.02. The molecule has 0 aliphatic heterocycles. The Hall–Kier alpha value is -1.98. The van der Waals surface area contributed by atoms with Crippen LogP contribution in [0.25, 0.3) is 16.7 Å². The Morgan fingerprint density at radius 2 is 1.86 bits per heavy atom. The first-order valence-corrected chi connectivity index (χ1v) is 6.73. The minimum absolute atomic E-state index is 0.147. The van der Waals surface area contributed by atoms with Crippen molar-refractivity contribution < 1.29 is 9.13 Å². The van der Waals surface area contributed by atoms with Gasteiger partial charge in [0.05, 0.1) is 33.9 Å². The van der Waals surface area contributed by atoms with Crippen LogP contribution in [0.1, 0.15) is 0 Å². The van der Waals surface area contributed by atoms with E-state index in [2.05, 4.69) is 4.98 Å². The smallest absolute Gasteiger partial charge is 0.206 e. The molecule has 0 fully saturated rings. The van der Waals surface area contributed by atoms with Crippen molar-refractivity contribution in [1.82, 2.24) is 9.55 Å². The maximum atomic E-state index is 13.3. The van der Waals surface area contributed by atoms with E-state index in [1.807, 2.05) is 0 Å². The van der Waals surface area contributed by atoms with E-state index >= 15 is 0 Å². The van der Waals surface area contributed by atoms with Crippen LogP contribution in [0, 0.1) is 5.82 Å². The molecule has 0 saturated carbocycles. The highest BCUT2D eigenvalue weighted by Crippen LogP contribution is 2.35. The van der Waals surface area contributed by atoms with Gasteiger partial charge in [-0.1, -0.05) is 23.2 Å². The largest absolute Gasteiger partial charge is 0.497 e. The number of benzene rings is 2. The summed E-state index contributed by atoms with van der Waals surface area (Å²) in [5.41, 5.74) is 7.66. The van der Waals surface area contributed by atoms with Crippen molar-refractivity contribution in [3.63, 3.8) is 0 Å². The first kappa shape index (κ1) is 14.0. The number of aromatic nitrogens is 2. The number of hydrogen-bond donors (Lipinski definition) is 1. The summed E-state index contributed by atoms with van der Waals surface area (Å²) in [5, 5.41) is 0.294. The molecule has 4 nitrogen and oxygen atoms in total. The molecule has 0 aliphatic carbocycles. The van der Waals surface area contributed by atoms with Gasteiger partial charge in [-0.25, -0.2) is 9.37 Å². The first-order valence-electron chi connectivity index (χ1n) is 5.98. The van der Waals surface area contributed by atoms with Crippen LogP contribution in [0.2, 0.25) is 10.0 Å². The van der Waals surface area contributed by atoms with Gasteiger partial charge in [-0.15, -0.1) is 0 Å². The minimum atomic E-state index is -0.519. The van der Waals surface area contributed by atoms with Crippen LogP contribution < -0.4 is 10.5 Å². The van der Waals surface area contributed by atoms with Crippen LogP contribution in [-0.2, 0) is 0 Å². The number of nitrogens with two attached hydrogens (primary N) is 1. The topological polar surface area (TPSA) is 53.1 Å². The average molecular weight is 326 g/mol. The van der Waals surface area contributed by atoms with Gasteiger partial charge < -0.3 is 10.5 Å². The molecule has 1 heterocycles. The van der Waals surface area contributed by atoms with E-state index in [4.69, 9.17) is 33.7 Å². The predicted molar refractivity (Wildman–Crippen MR) is 82.0 cm³/mol. The monoisotopic (exact) mass is 325 g/mol. The zero-order chi connectivity index (χ0) is 15.1. The van der Waals surface area contributed by atoms with Crippen molar-refractivity contribution in [2.24, 2.45) is 0 Å². The SMILES string of the molecule is COc1ccc2nc(N)n(-c3c(Cl)cc(F)cc3Cl)c2c1. The summed E-state index contributed by atoms with van der Waals surface area (Å²) in [6.07, 6.45) is 0. The molecule has 2 N–H and O–H groups in total. The van der Waals surface area contributed by atoms with Crippen molar-refractivity contribution in [2.75, 3.05) is 12.8 Å². The maximum absolute atomic E-state index is 13.3. The van der Waals surface area contributed by atoms with E-state index < -0.39 is 5.82 Å². The zero-order valence-corrected chi connectivity index (χ0v) is 12.4. The number of nitrogen functional groups attached to an aromatic ring is 1. The highest BCUT2D eigenvalue weighted by Gasteiger charge is 2.17. The van der Waals surface area contributed by atoms with Crippen LogP contribution in [0.5, 0.6) is 5.75 Å². The van der Waals surface area contributed by atoms with Gasteiger partial charge >= 0.3 is 0 Å². The third kappa shape index (κ3) is 2.28. The molecular formula is C14H10Cl2FN3O. The Bertz CT molecular complexity index is 825. The van der Waals surface area contributed by atoms with Gasteiger partial charge in [0, 0.05) is 6.07 Å². The van der Waals surface area contributed by atoms with Crippen molar-refractivity contribution in [3.05, 3.63) is 46.2 Å². The lowest BCUT2D eigenvalue weighted by atomic mass is 10.2. The number of methoxy groups -OCH3 is 1. The second kappa shape index (κ2) is 5.09. The summed E-state index contributed by atoms with van der Waals surface area (Å²) >= 11 is 12.2. The van der Waals surface area contributed by atoms with Gasteiger partial charge in [0.25, 0.3) is 0 Å². The molecule has 0 spiro atoms. The van der Waals surface area contributed by atoms with Gasteiger partial charge in [0.2, 0.25) is 5.95 Å². The van der Waals surface area contributed by atoms with Crippen molar-refractivity contribution in [2.45, 2.75) is 0 Å². The fourth-order valence-corrected chi connectivity index (χ4v) is 2.81. The number of ether oxygens (including phenoxy) is 1. The van der Waals surface area contributed by atoms with Gasteiger partial charge in [-0.3, -0.25) is 4.57 Å². The number of hydrogen-bond acceptors (Lipinski definition) is 3.